The standard InChI is InChI=1S/C11H19NO5/c1-11(2,3)17-10(13)12-4-5-15-9-8(12)14-6-7-16-9/h8-9H,4-7H2,1-3H3/t8-,9+/m1/s1. The monoisotopic (exact) mass is 245 g/mol. The van der Waals surface area contributed by atoms with Crippen LogP contribution in [0.1, 0.15) is 20.8 Å². The summed E-state index contributed by atoms with van der Waals surface area (Å²) in [5, 5.41) is 0. The fourth-order valence-electron chi connectivity index (χ4n) is 1.77. The van der Waals surface area contributed by atoms with Crippen LogP contribution in [0, 0.1) is 0 Å². The molecule has 0 radical (unpaired) electrons. The molecule has 0 saturated carbocycles. The smallest absolute Gasteiger partial charge is 0.412 e. The largest absolute Gasteiger partial charge is 0.444 e. The average Bonchev–Trinajstić information content (AvgIpc) is 2.26. The Kier molecular flexibility index (Phi) is 3.56. The summed E-state index contributed by atoms with van der Waals surface area (Å²) in [6, 6.07) is 0. The third kappa shape index (κ3) is 3.08. The predicted octanol–water partition coefficient (Wildman–Crippen LogP) is 0.953. The molecule has 0 N–H and O–H groups in total. The van der Waals surface area contributed by atoms with Gasteiger partial charge in [0.05, 0.1) is 26.4 Å². The summed E-state index contributed by atoms with van der Waals surface area (Å²) in [4.78, 5) is 13.5. The molecule has 0 bridgehead atoms. The van der Waals surface area contributed by atoms with Crippen molar-refractivity contribution in [1.82, 2.24) is 4.90 Å². The number of carbonyl (C=O) groups excluding carboxylic acids is 1. The zero-order valence-electron chi connectivity index (χ0n) is 10.5. The molecule has 2 saturated heterocycles. The minimum absolute atomic E-state index is 0.388. The highest BCUT2D eigenvalue weighted by atomic mass is 16.7. The van der Waals surface area contributed by atoms with Crippen LogP contribution >= 0.6 is 0 Å². The van der Waals surface area contributed by atoms with Crippen LogP contribution in [0.15, 0.2) is 0 Å². The topological polar surface area (TPSA) is 57.2 Å². The van der Waals surface area contributed by atoms with Crippen molar-refractivity contribution in [3.63, 3.8) is 0 Å². The van der Waals surface area contributed by atoms with E-state index in [1.807, 2.05) is 20.8 Å². The fourth-order valence-corrected chi connectivity index (χ4v) is 1.77. The molecule has 0 aromatic rings. The van der Waals surface area contributed by atoms with Gasteiger partial charge in [0.1, 0.15) is 5.60 Å². The minimum atomic E-state index is -0.513. The molecule has 17 heavy (non-hydrogen) atoms. The van der Waals surface area contributed by atoms with E-state index in [0.717, 1.165) is 0 Å². The van der Waals surface area contributed by atoms with E-state index in [9.17, 15) is 4.79 Å². The Bertz CT molecular complexity index is 286. The lowest BCUT2D eigenvalue weighted by Gasteiger charge is -2.42. The Balaban J connectivity index is 2.01. The van der Waals surface area contributed by atoms with E-state index in [2.05, 4.69) is 0 Å². The molecule has 2 aliphatic rings. The van der Waals surface area contributed by atoms with Crippen molar-refractivity contribution in [2.24, 2.45) is 0 Å². The first-order valence-electron chi connectivity index (χ1n) is 5.82. The molecule has 1 amide bonds. The first-order valence-corrected chi connectivity index (χ1v) is 5.82. The van der Waals surface area contributed by atoms with Gasteiger partial charge in [-0.25, -0.2) is 4.79 Å². The molecule has 0 spiro atoms. The molecule has 0 aromatic carbocycles. The summed E-state index contributed by atoms with van der Waals surface area (Å²) in [6.07, 6.45) is -1.38. The van der Waals surface area contributed by atoms with Gasteiger partial charge >= 0.3 is 6.09 Å². The molecule has 0 aliphatic carbocycles. The second-order valence-electron chi connectivity index (χ2n) is 5.05. The molecule has 2 rings (SSSR count). The van der Waals surface area contributed by atoms with Crippen LogP contribution in [-0.2, 0) is 18.9 Å². The number of ether oxygens (including phenoxy) is 4. The third-order valence-electron chi connectivity index (χ3n) is 2.44. The summed E-state index contributed by atoms with van der Waals surface area (Å²) in [7, 11) is 0. The summed E-state index contributed by atoms with van der Waals surface area (Å²) in [6.45, 7) is 7.35. The van der Waals surface area contributed by atoms with Crippen molar-refractivity contribution in [3.05, 3.63) is 0 Å². The normalized spacial score (nSPS) is 29.7. The molecule has 2 fully saturated rings. The van der Waals surface area contributed by atoms with E-state index < -0.39 is 18.1 Å². The second-order valence-corrected chi connectivity index (χ2v) is 5.05. The SMILES string of the molecule is CC(C)(C)OC(=O)N1CCO[C@H]2OCCO[C@H]21. The van der Waals surface area contributed by atoms with Crippen LogP contribution in [0.25, 0.3) is 0 Å². The molecule has 6 heteroatoms. The Morgan fingerprint density at radius 2 is 1.82 bits per heavy atom. The number of hydrogen-bond donors (Lipinski definition) is 0. The quantitative estimate of drug-likeness (QED) is 0.636. The van der Waals surface area contributed by atoms with E-state index in [-0.39, 0.29) is 6.09 Å². The van der Waals surface area contributed by atoms with Gasteiger partial charge in [-0.05, 0) is 20.8 Å². The van der Waals surface area contributed by atoms with E-state index in [4.69, 9.17) is 18.9 Å². The fraction of sp³-hybridized carbons (Fsp3) is 0.909. The maximum Gasteiger partial charge on any atom is 0.412 e. The Morgan fingerprint density at radius 1 is 1.18 bits per heavy atom. The first-order chi connectivity index (χ1) is 7.97. The number of hydrogen-bond acceptors (Lipinski definition) is 5. The highest BCUT2D eigenvalue weighted by Gasteiger charge is 2.40. The van der Waals surface area contributed by atoms with E-state index in [1.54, 1.807) is 0 Å². The number of amides is 1. The van der Waals surface area contributed by atoms with Crippen LogP contribution in [0.3, 0.4) is 0 Å². The van der Waals surface area contributed by atoms with Crippen molar-refractivity contribution < 1.29 is 23.7 Å². The summed E-state index contributed by atoms with van der Waals surface area (Å²) < 4.78 is 21.6. The maximum absolute atomic E-state index is 12.0. The van der Waals surface area contributed by atoms with Crippen LogP contribution in [0.2, 0.25) is 0 Å². The van der Waals surface area contributed by atoms with Crippen molar-refractivity contribution in [2.75, 3.05) is 26.4 Å². The lowest BCUT2D eigenvalue weighted by atomic mass is 10.2. The van der Waals surface area contributed by atoms with Gasteiger partial charge in [-0.1, -0.05) is 0 Å². The van der Waals surface area contributed by atoms with Gasteiger partial charge in [-0.2, -0.15) is 0 Å². The van der Waals surface area contributed by atoms with Gasteiger partial charge in [0.25, 0.3) is 0 Å². The molecular formula is C11H19NO5. The van der Waals surface area contributed by atoms with Crippen molar-refractivity contribution in [2.45, 2.75) is 38.9 Å². The first kappa shape index (κ1) is 12.6. The van der Waals surface area contributed by atoms with Crippen molar-refractivity contribution in [3.8, 4) is 0 Å². The van der Waals surface area contributed by atoms with Gasteiger partial charge in [-0.3, -0.25) is 4.90 Å². The van der Waals surface area contributed by atoms with E-state index in [0.29, 0.717) is 26.4 Å². The Hall–Kier alpha value is -0.850. The van der Waals surface area contributed by atoms with Crippen LogP contribution < -0.4 is 0 Å². The van der Waals surface area contributed by atoms with Gasteiger partial charge in [-0.15, -0.1) is 0 Å². The van der Waals surface area contributed by atoms with Crippen LogP contribution in [0.4, 0.5) is 4.79 Å². The molecular weight excluding hydrogens is 226 g/mol. The highest BCUT2D eigenvalue weighted by molar-refractivity contribution is 5.68. The number of fused-ring (bicyclic) bond motifs is 1. The number of morpholine rings is 1. The summed E-state index contributed by atoms with van der Waals surface area (Å²) in [5.41, 5.74) is -0.513. The third-order valence-corrected chi connectivity index (χ3v) is 2.44. The van der Waals surface area contributed by atoms with E-state index >= 15 is 0 Å². The van der Waals surface area contributed by atoms with Crippen LogP contribution in [-0.4, -0.2) is 55.5 Å². The minimum Gasteiger partial charge on any atom is -0.444 e. The number of rotatable bonds is 0. The second kappa shape index (κ2) is 4.80. The van der Waals surface area contributed by atoms with Gasteiger partial charge in [0.15, 0.2) is 6.23 Å². The molecule has 98 valence electrons. The van der Waals surface area contributed by atoms with E-state index in [1.165, 1.54) is 4.90 Å². The Labute approximate surface area is 101 Å². The van der Waals surface area contributed by atoms with Crippen molar-refractivity contribution in [1.29, 1.82) is 0 Å². The lowest BCUT2D eigenvalue weighted by Crippen LogP contribution is -2.58. The Morgan fingerprint density at radius 3 is 2.53 bits per heavy atom. The van der Waals surface area contributed by atoms with Gasteiger partial charge in [0, 0.05) is 0 Å². The summed E-state index contributed by atoms with van der Waals surface area (Å²) >= 11 is 0. The molecule has 6 nitrogen and oxygen atoms in total. The number of nitrogens with zero attached hydrogens (tertiary/aromatic N) is 1. The molecule has 0 unspecified atom stereocenters. The maximum atomic E-state index is 12.0. The summed E-state index contributed by atoms with van der Waals surface area (Å²) in [5.74, 6) is 0. The van der Waals surface area contributed by atoms with Gasteiger partial charge in [0.2, 0.25) is 6.29 Å². The molecule has 2 heterocycles. The highest BCUT2D eigenvalue weighted by Crippen LogP contribution is 2.22. The molecule has 2 atom stereocenters. The zero-order valence-corrected chi connectivity index (χ0v) is 10.5. The molecule has 0 aromatic heterocycles. The zero-order chi connectivity index (χ0) is 12.5. The predicted molar refractivity (Wildman–Crippen MR) is 58.4 cm³/mol. The lowest BCUT2D eigenvalue weighted by molar-refractivity contribution is -0.302. The van der Waals surface area contributed by atoms with Crippen molar-refractivity contribution >= 4 is 6.09 Å². The van der Waals surface area contributed by atoms with Crippen LogP contribution in [0.5, 0.6) is 0 Å². The number of carbonyl (C=O) groups is 1. The molecule has 2 aliphatic heterocycles. The van der Waals surface area contributed by atoms with Gasteiger partial charge < -0.3 is 18.9 Å². The average molecular weight is 245 g/mol.